The van der Waals surface area contributed by atoms with Gasteiger partial charge in [0.2, 0.25) is 5.91 Å². The fraction of sp³-hybridized carbons (Fsp3) is 0.111. The highest BCUT2D eigenvalue weighted by atomic mass is 35.5. The number of ether oxygens (including phenoxy) is 1. The number of anilines is 2. The van der Waals surface area contributed by atoms with Crippen LogP contribution in [0.4, 0.5) is 16.2 Å². The number of hydrogen-bond donors (Lipinski definition) is 3. The van der Waals surface area contributed by atoms with Crippen LogP contribution in [0.3, 0.4) is 0 Å². The van der Waals surface area contributed by atoms with Crippen molar-refractivity contribution < 1.29 is 19.4 Å². The molecule has 1 aliphatic heterocycles. The Morgan fingerprint density at radius 3 is 2.67 bits per heavy atom. The van der Waals surface area contributed by atoms with Crippen LogP contribution in [0.15, 0.2) is 42.5 Å². The Morgan fingerprint density at radius 2 is 1.96 bits per heavy atom. The molecule has 2 aromatic carbocycles. The lowest BCUT2D eigenvalue weighted by molar-refractivity contribution is -0.111. The molecule has 0 radical (unpaired) electrons. The highest BCUT2D eigenvalue weighted by Gasteiger charge is 2.27. The van der Waals surface area contributed by atoms with Crippen LogP contribution in [0.5, 0.6) is 0 Å². The van der Waals surface area contributed by atoms with Crippen molar-refractivity contribution in [1.82, 2.24) is 0 Å². The molecular formula is C18H13Cl3N2O4. The fourth-order valence-electron chi connectivity index (χ4n) is 2.77. The first-order chi connectivity index (χ1) is 12.8. The van der Waals surface area contributed by atoms with Gasteiger partial charge in [0.1, 0.15) is 0 Å². The molecule has 0 spiro atoms. The normalized spacial score (nSPS) is 17.0. The van der Waals surface area contributed by atoms with Gasteiger partial charge < -0.3 is 20.5 Å². The van der Waals surface area contributed by atoms with Crippen molar-refractivity contribution >= 4 is 63.8 Å². The van der Waals surface area contributed by atoms with Gasteiger partial charge in [-0.3, -0.25) is 4.79 Å². The van der Waals surface area contributed by atoms with E-state index in [9.17, 15) is 9.59 Å². The molecular weight excluding hydrogens is 415 g/mol. The largest absolute Gasteiger partial charge is 0.507 e. The minimum Gasteiger partial charge on any atom is -0.450 e. The van der Waals surface area contributed by atoms with Gasteiger partial charge in [0.25, 0.3) is 0 Å². The molecule has 0 saturated heterocycles. The average molecular weight is 428 g/mol. The van der Waals surface area contributed by atoms with Crippen molar-refractivity contribution in [3.63, 3.8) is 0 Å². The van der Waals surface area contributed by atoms with E-state index in [0.717, 1.165) is 0 Å². The second-order valence-electron chi connectivity index (χ2n) is 5.70. The molecule has 1 atom stereocenters. The van der Waals surface area contributed by atoms with Crippen molar-refractivity contribution in [1.29, 1.82) is 0 Å². The predicted octanol–water partition coefficient (Wildman–Crippen LogP) is 5.51. The number of benzene rings is 2. The number of carbonyl (C=O) groups is 2. The molecule has 0 fully saturated rings. The van der Waals surface area contributed by atoms with Crippen LogP contribution >= 0.6 is 34.8 Å². The molecule has 140 valence electrons. The van der Waals surface area contributed by atoms with E-state index in [1.807, 2.05) is 0 Å². The first-order valence-corrected chi connectivity index (χ1v) is 8.88. The van der Waals surface area contributed by atoms with E-state index in [1.54, 1.807) is 36.4 Å². The van der Waals surface area contributed by atoms with Crippen LogP contribution < -0.4 is 10.6 Å². The maximum absolute atomic E-state index is 12.4. The van der Waals surface area contributed by atoms with Gasteiger partial charge in [-0.25, -0.2) is 4.79 Å². The van der Waals surface area contributed by atoms with E-state index in [4.69, 9.17) is 44.6 Å². The van der Waals surface area contributed by atoms with Crippen molar-refractivity contribution in [2.45, 2.75) is 12.6 Å². The number of nitrogens with one attached hydrogen (secondary N) is 2. The topological polar surface area (TPSA) is 87.7 Å². The van der Waals surface area contributed by atoms with Gasteiger partial charge in [-0.05, 0) is 35.9 Å². The monoisotopic (exact) mass is 426 g/mol. The molecule has 9 heteroatoms. The van der Waals surface area contributed by atoms with E-state index in [1.165, 1.54) is 6.08 Å². The van der Waals surface area contributed by atoms with E-state index in [-0.39, 0.29) is 6.42 Å². The summed E-state index contributed by atoms with van der Waals surface area (Å²) in [5, 5.41) is 15.7. The van der Waals surface area contributed by atoms with E-state index >= 15 is 0 Å². The molecule has 0 bridgehead atoms. The number of hydrogen-bond acceptors (Lipinski definition) is 4. The van der Waals surface area contributed by atoms with Crippen LogP contribution in [0.2, 0.25) is 15.1 Å². The Kier molecular flexibility index (Phi) is 5.79. The molecule has 1 unspecified atom stereocenters. The van der Waals surface area contributed by atoms with Crippen molar-refractivity contribution in [3.8, 4) is 0 Å². The molecule has 1 heterocycles. The summed E-state index contributed by atoms with van der Waals surface area (Å²) in [6.45, 7) is 0. The zero-order valence-electron chi connectivity index (χ0n) is 13.6. The van der Waals surface area contributed by atoms with Crippen molar-refractivity contribution in [3.05, 3.63) is 63.1 Å². The SMILES string of the molecule is O=C(/C=C1\CC(OC(=O)O)Nc2cc(Cl)cc(Cl)c21)Nc1cccc(Cl)c1. The van der Waals surface area contributed by atoms with E-state index in [2.05, 4.69) is 10.6 Å². The smallest absolute Gasteiger partial charge is 0.450 e. The molecule has 2 aromatic rings. The molecule has 3 rings (SSSR count). The van der Waals surface area contributed by atoms with Crippen LogP contribution in [0, 0.1) is 0 Å². The molecule has 27 heavy (non-hydrogen) atoms. The second-order valence-corrected chi connectivity index (χ2v) is 6.98. The fourth-order valence-corrected chi connectivity index (χ4v) is 3.57. The number of carboxylic acid groups (broad SMARTS) is 1. The molecule has 3 N–H and O–H groups in total. The molecule has 6 nitrogen and oxygen atoms in total. The van der Waals surface area contributed by atoms with Gasteiger partial charge in [-0.2, -0.15) is 0 Å². The first kappa shape index (κ1) is 19.4. The highest BCUT2D eigenvalue weighted by Crippen LogP contribution is 2.40. The second kappa shape index (κ2) is 8.08. The summed E-state index contributed by atoms with van der Waals surface area (Å²) in [5.41, 5.74) is 2.08. The van der Waals surface area contributed by atoms with Crippen LogP contribution in [-0.2, 0) is 9.53 Å². The number of amides is 1. The van der Waals surface area contributed by atoms with Crippen LogP contribution in [-0.4, -0.2) is 23.4 Å². The Bertz CT molecular complexity index is 946. The first-order valence-electron chi connectivity index (χ1n) is 7.74. The van der Waals surface area contributed by atoms with Crippen LogP contribution in [0.25, 0.3) is 5.57 Å². The third-order valence-electron chi connectivity index (χ3n) is 3.74. The quantitative estimate of drug-likeness (QED) is 0.444. The van der Waals surface area contributed by atoms with Crippen LogP contribution in [0.1, 0.15) is 12.0 Å². The third kappa shape index (κ3) is 4.86. The van der Waals surface area contributed by atoms with Gasteiger partial charge >= 0.3 is 6.16 Å². The number of rotatable bonds is 3. The van der Waals surface area contributed by atoms with E-state index < -0.39 is 18.3 Å². The summed E-state index contributed by atoms with van der Waals surface area (Å²) in [7, 11) is 0. The molecule has 1 aliphatic rings. The van der Waals surface area contributed by atoms with Crippen molar-refractivity contribution in [2.75, 3.05) is 10.6 Å². The maximum Gasteiger partial charge on any atom is 0.507 e. The Labute approximate surface area is 169 Å². The standard InChI is InChI=1S/C18H13Cl3N2O4/c19-10-2-1-3-12(6-10)22-15(24)4-9-5-16(27-18(25)26)23-14-8-11(20)7-13(21)17(9)14/h1-4,6-8,16,23H,5H2,(H,22,24)(H,25,26)/b9-4+. The van der Waals surface area contributed by atoms with E-state index in [0.29, 0.717) is 37.6 Å². The zero-order valence-corrected chi connectivity index (χ0v) is 15.9. The summed E-state index contributed by atoms with van der Waals surface area (Å²) < 4.78 is 4.80. The molecule has 0 aliphatic carbocycles. The predicted molar refractivity (Wildman–Crippen MR) is 106 cm³/mol. The Morgan fingerprint density at radius 1 is 1.19 bits per heavy atom. The molecule has 0 saturated carbocycles. The minimum absolute atomic E-state index is 0.115. The lowest BCUT2D eigenvalue weighted by Gasteiger charge is -2.28. The third-order valence-corrected chi connectivity index (χ3v) is 4.49. The zero-order chi connectivity index (χ0) is 19.6. The molecule has 1 amide bonds. The van der Waals surface area contributed by atoms with Gasteiger partial charge in [0.15, 0.2) is 6.23 Å². The average Bonchev–Trinajstić information content (AvgIpc) is 2.52. The number of carbonyl (C=O) groups excluding carboxylic acids is 1. The summed E-state index contributed by atoms with van der Waals surface area (Å²) in [6.07, 6.45) is -0.857. The minimum atomic E-state index is -1.44. The van der Waals surface area contributed by atoms with Crippen molar-refractivity contribution in [2.24, 2.45) is 0 Å². The maximum atomic E-state index is 12.4. The Balaban J connectivity index is 1.93. The van der Waals surface area contributed by atoms with Gasteiger partial charge in [0, 0.05) is 39.5 Å². The number of fused-ring (bicyclic) bond motifs is 1. The summed E-state index contributed by atoms with van der Waals surface area (Å²) >= 11 is 18.2. The lowest BCUT2D eigenvalue weighted by Crippen LogP contribution is -2.30. The summed E-state index contributed by atoms with van der Waals surface area (Å²) in [4.78, 5) is 23.3. The van der Waals surface area contributed by atoms with Gasteiger partial charge in [-0.15, -0.1) is 0 Å². The molecule has 0 aromatic heterocycles. The number of halogens is 3. The van der Waals surface area contributed by atoms with Gasteiger partial charge in [-0.1, -0.05) is 40.9 Å². The van der Waals surface area contributed by atoms with Gasteiger partial charge in [0.05, 0.1) is 5.02 Å². The summed E-state index contributed by atoms with van der Waals surface area (Å²) in [6, 6.07) is 9.84. The highest BCUT2D eigenvalue weighted by molar-refractivity contribution is 6.36. The Hall–Kier alpha value is -2.41. The lowest BCUT2D eigenvalue weighted by atomic mass is 9.95. The summed E-state index contributed by atoms with van der Waals surface area (Å²) in [5.74, 6) is -0.416.